The number of para-hydroxylation sites is 1. The molecule has 2 atom stereocenters. The molecule has 2 nitrogen and oxygen atoms in total. The van der Waals surface area contributed by atoms with Crippen LogP contribution in [0, 0.1) is 0 Å². The summed E-state index contributed by atoms with van der Waals surface area (Å²) in [6, 6.07) is 66.5. The lowest BCUT2D eigenvalue weighted by atomic mass is 9.82. The van der Waals surface area contributed by atoms with Crippen molar-refractivity contribution in [1.29, 1.82) is 0 Å². The fourth-order valence-corrected chi connectivity index (χ4v) is 9.61. The van der Waals surface area contributed by atoms with Gasteiger partial charge in [0.05, 0.1) is 5.70 Å². The molecule has 0 radical (unpaired) electrons. The lowest BCUT2D eigenvalue weighted by molar-refractivity contribution is 0.253. The van der Waals surface area contributed by atoms with Gasteiger partial charge >= 0.3 is 0 Å². The predicted molar refractivity (Wildman–Crippen MR) is 237 cm³/mol. The summed E-state index contributed by atoms with van der Waals surface area (Å²) in [7, 11) is 0. The Kier molecular flexibility index (Phi) is 7.69. The van der Waals surface area contributed by atoms with Crippen LogP contribution in [0.3, 0.4) is 0 Å². The molecule has 0 amide bonds. The summed E-state index contributed by atoms with van der Waals surface area (Å²) in [6.45, 7) is 4.71. The predicted octanol–water partition coefficient (Wildman–Crippen LogP) is 14.3. The smallest absolute Gasteiger partial charge is 0.149 e. The lowest BCUT2D eigenvalue weighted by Crippen LogP contribution is -2.32. The molecule has 0 saturated carbocycles. The van der Waals surface area contributed by atoms with Crippen LogP contribution in [0.2, 0.25) is 0 Å². The molecule has 272 valence electrons. The summed E-state index contributed by atoms with van der Waals surface area (Å²) in [6.07, 6.45) is 6.60. The van der Waals surface area contributed by atoms with E-state index in [1.54, 1.807) is 0 Å². The molecule has 0 saturated heterocycles. The lowest BCUT2D eigenvalue weighted by Gasteiger charge is -2.34. The maximum Gasteiger partial charge on any atom is 0.149 e. The van der Waals surface area contributed by atoms with Crippen molar-refractivity contribution >= 4 is 22.1 Å². The third-order valence-electron chi connectivity index (χ3n) is 12.5. The highest BCUT2D eigenvalue weighted by Crippen LogP contribution is 2.52. The van der Waals surface area contributed by atoms with E-state index < -0.39 is 0 Å². The number of hydrogen-bond donors (Lipinski definition) is 0. The van der Waals surface area contributed by atoms with Gasteiger partial charge in [0.25, 0.3) is 0 Å². The summed E-state index contributed by atoms with van der Waals surface area (Å²) < 4.78 is 6.81. The number of rotatable bonds is 6. The van der Waals surface area contributed by atoms with Crippen molar-refractivity contribution in [3.05, 3.63) is 223 Å². The van der Waals surface area contributed by atoms with Gasteiger partial charge in [-0.05, 0) is 103 Å². The van der Waals surface area contributed by atoms with Gasteiger partial charge < -0.3 is 9.64 Å². The molecule has 0 N–H and O–H groups in total. The molecule has 8 aromatic rings. The second-order valence-electron chi connectivity index (χ2n) is 16.0. The van der Waals surface area contributed by atoms with E-state index in [0.717, 1.165) is 22.8 Å². The largest absolute Gasteiger partial charge is 0.483 e. The van der Waals surface area contributed by atoms with Crippen LogP contribution in [0.25, 0.3) is 55.3 Å². The number of allylic oxidation sites excluding steroid dienone is 2. The van der Waals surface area contributed by atoms with Crippen molar-refractivity contribution in [2.75, 3.05) is 4.90 Å². The Morgan fingerprint density at radius 1 is 0.509 bits per heavy atom. The van der Waals surface area contributed by atoms with Gasteiger partial charge in [-0.1, -0.05) is 178 Å². The molecule has 1 heterocycles. The number of nitrogens with zero attached hydrogens (tertiary/aromatic N) is 1. The molecule has 2 aliphatic carbocycles. The first kappa shape index (κ1) is 33.4. The molecule has 2 unspecified atom stereocenters. The Morgan fingerprint density at radius 3 is 2.02 bits per heavy atom. The molecule has 57 heavy (non-hydrogen) atoms. The van der Waals surface area contributed by atoms with Crippen LogP contribution in [0.4, 0.5) is 11.4 Å². The molecule has 0 bridgehead atoms. The van der Waals surface area contributed by atoms with Gasteiger partial charge in [-0.3, -0.25) is 0 Å². The van der Waals surface area contributed by atoms with E-state index in [-0.39, 0.29) is 17.4 Å². The maximum atomic E-state index is 6.81. The van der Waals surface area contributed by atoms with E-state index in [4.69, 9.17) is 4.74 Å². The first-order chi connectivity index (χ1) is 28.0. The van der Waals surface area contributed by atoms with E-state index >= 15 is 0 Å². The van der Waals surface area contributed by atoms with Gasteiger partial charge in [0.1, 0.15) is 11.9 Å². The molecule has 0 aromatic heterocycles. The molecule has 3 aliphatic rings. The third-order valence-corrected chi connectivity index (χ3v) is 12.5. The van der Waals surface area contributed by atoms with Crippen molar-refractivity contribution in [2.24, 2.45) is 0 Å². The van der Waals surface area contributed by atoms with Gasteiger partial charge in [0.2, 0.25) is 0 Å². The van der Waals surface area contributed by atoms with Crippen molar-refractivity contribution < 1.29 is 4.74 Å². The average molecular weight is 732 g/mol. The summed E-state index contributed by atoms with van der Waals surface area (Å²) >= 11 is 0. The zero-order valence-corrected chi connectivity index (χ0v) is 32.1. The van der Waals surface area contributed by atoms with E-state index in [1.807, 2.05) is 0 Å². The highest BCUT2D eigenvalue weighted by Gasteiger charge is 2.40. The Labute approximate surface area is 334 Å². The van der Waals surface area contributed by atoms with E-state index in [2.05, 4.69) is 219 Å². The Morgan fingerprint density at radius 2 is 1.16 bits per heavy atom. The topological polar surface area (TPSA) is 12.5 Å². The van der Waals surface area contributed by atoms with Crippen LogP contribution in [0.5, 0.6) is 5.75 Å². The summed E-state index contributed by atoms with van der Waals surface area (Å²) in [5.74, 6) is 1.11. The quantitative estimate of drug-likeness (QED) is 0.169. The minimum Gasteiger partial charge on any atom is -0.483 e. The fraction of sp³-hybridized carbons (Fsp3) is 0.0909. The molecule has 8 aromatic carbocycles. The second-order valence-corrected chi connectivity index (χ2v) is 16.0. The molecular formula is C55H41NO. The summed E-state index contributed by atoms with van der Waals surface area (Å²) in [5.41, 5.74) is 17.1. The van der Waals surface area contributed by atoms with Gasteiger partial charge in [0.15, 0.2) is 0 Å². The third kappa shape index (κ3) is 5.39. The standard InChI is InChI=1S/C55H41NO/c1-55(2)49-20-10-8-17-45(49)46-34-32-42(35-50(46)55)56(51-21-12-19-48-47-18-9-11-22-52(47)57-54(48)51)41-30-27-39(28-31-41)44-33-29-38-15-6-7-16-43(38)53(44)40-25-23-37(24-26-40)36-13-4-3-5-14-36/h3-35,48,54H,1-2H3. The zero-order valence-electron chi connectivity index (χ0n) is 32.1. The number of fused-ring (bicyclic) bond motifs is 7. The summed E-state index contributed by atoms with van der Waals surface area (Å²) in [5, 5.41) is 2.48. The highest BCUT2D eigenvalue weighted by atomic mass is 16.5. The number of anilines is 2. The van der Waals surface area contributed by atoms with E-state index in [1.165, 1.54) is 72.0 Å². The molecule has 2 heteroatoms. The second kappa shape index (κ2) is 13.1. The first-order valence-corrected chi connectivity index (χ1v) is 20.0. The van der Waals surface area contributed by atoms with Gasteiger partial charge in [-0.25, -0.2) is 0 Å². The maximum absolute atomic E-state index is 6.81. The normalized spacial score (nSPS) is 16.9. The Hall–Kier alpha value is -6.90. The Bertz CT molecular complexity index is 2900. The zero-order chi connectivity index (χ0) is 38.1. The van der Waals surface area contributed by atoms with Crippen molar-refractivity contribution in [2.45, 2.75) is 31.3 Å². The molecule has 0 spiro atoms. The number of ether oxygens (including phenoxy) is 1. The average Bonchev–Trinajstić information content (AvgIpc) is 3.76. The van der Waals surface area contributed by atoms with Crippen molar-refractivity contribution in [3.63, 3.8) is 0 Å². The van der Waals surface area contributed by atoms with E-state index in [9.17, 15) is 0 Å². The SMILES string of the molecule is CC1(C)c2ccccc2-c2ccc(N(C3=CC=CC4c5ccccc5OC34)c3ccc(-c4ccc5ccccc5c4-c4ccc(-c5ccccc5)cc4)cc3)cc21. The van der Waals surface area contributed by atoms with Crippen LogP contribution in [0.1, 0.15) is 36.5 Å². The summed E-state index contributed by atoms with van der Waals surface area (Å²) in [4.78, 5) is 2.43. The van der Waals surface area contributed by atoms with Gasteiger partial charge in [-0.2, -0.15) is 0 Å². The first-order valence-electron chi connectivity index (χ1n) is 20.0. The van der Waals surface area contributed by atoms with Crippen LogP contribution >= 0.6 is 0 Å². The highest BCUT2D eigenvalue weighted by molar-refractivity contribution is 6.04. The van der Waals surface area contributed by atoms with Crippen LogP contribution in [-0.2, 0) is 5.41 Å². The van der Waals surface area contributed by atoms with Crippen LogP contribution < -0.4 is 9.64 Å². The van der Waals surface area contributed by atoms with Crippen molar-refractivity contribution in [1.82, 2.24) is 0 Å². The fourth-order valence-electron chi connectivity index (χ4n) is 9.61. The monoisotopic (exact) mass is 731 g/mol. The van der Waals surface area contributed by atoms with Crippen LogP contribution in [-0.4, -0.2) is 6.10 Å². The van der Waals surface area contributed by atoms with Crippen LogP contribution in [0.15, 0.2) is 206 Å². The van der Waals surface area contributed by atoms with Crippen molar-refractivity contribution in [3.8, 4) is 50.3 Å². The molecule has 0 fully saturated rings. The van der Waals surface area contributed by atoms with Gasteiger partial charge in [-0.15, -0.1) is 0 Å². The molecular weight excluding hydrogens is 691 g/mol. The molecule has 11 rings (SSSR count). The molecule has 1 aliphatic heterocycles. The Balaban J connectivity index is 1.03. The van der Waals surface area contributed by atoms with Gasteiger partial charge in [0, 0.05) is 28.3 Å². The minimum absolute atomic E-state index is 0.118. The van der Waals surface area contributed by atoms with E-state index in [0.29, 0.717) is 0 Å². The number of benzene rings is 8. The minimum atomic E-state index is -0.142. The number of hydrogen-bond acceptors (Lipinski definition) is 2.